The van der Waals surface area contributed by atoms with Crippen LogP contribution < -0.4 is 9.80 Å². The zero-order valence-corrected chi connectivity index (χ0v) is 62.5. The second-order valence-electron chi connectivity index (χ2n) is 29.9. The predicted molar refractivity (Wildman–Crippen MR) is 413 cm³/mol. The first-order chi connectivity index (χ1) is 45.5. The zero-order chi connectivity index (χ0) is 65.5. The number of ketones is 1. The third-order valence-electron chi connectivity index (χ3n) is 21.3. The first-order valence-corrected chi connectivity index (χ1v) is 42.2. The van der Waals surface area contributed by atoms with Gasteiger partial charge in [0.15, 0.2) is 5.78 Å². The van der Waals surface area contributed by atoms with Crippen molar-refractivity contribution < 1.29 is 9.90 Å². The van der Waals surface area contributed by atoms with E-state index in [2.05, 4.69) is 86.0 Å². The number of rotatable bonds is 72. The fourth-order valence-corrected chi connectivity index (χ4v) is 14.9. The number of anilines is 2. The summed E-state index contributed by atoms with van der Waals surface area (Å²) in [5.41, 5.74) is 4.83. The van der Waals surface area contributed by atoms with Crippen LogP contribution in [-0.2, 0) is 4.79 Å². The average Bonchev–Trinajstić information content (AvgIpc) is 0.937. The van der Waals surface area contributed by atoms with Gasteiger partial charge in [0.05, 0.1) is 5.57 Å². The van der Waals surface area contributed by atoms with Crippen LogP contribution in [0.2, 0.25) is 0 Å². The Morgan fingerprint density at radius 2 is 0.424 bits per heavy atom. The van der Waals surface area contributed by atoms with E-state index in [1.54, 1.807) is 0 Å². The number of hydrogen-bond acceptors (Lipinski definition) is 4. The van der Waals surface area contributed by atoms with E-state index in [0.29, 0.717) is 5.57 Å². The molecule has 92 heavy (non-hydrogen) atoms. The molecule has 2 aromatic rings. The molecule has 0 aliphatic heterocycles. The number of unbranched alkanes of at least 4 members (excludes halogenated alkanes) is 60. The van der Waals surface area contributed by atoms with Crippen LogP contribution in [-0.4, -0.2) is 37.1 Å². The summed E-state index contributed by atoms with van der Waals surface area (Å²) in [7, 11) is 0. The molecule has 0 radical (unpaired) electrons. The molecule has 0 amide bonds. The summed E-state index contributed by atoms with van der Waals surface area (Å²) >= 11 is 0. The Morgan fingerprint density at radius 3 is 0.609 bits per heavy atom. The molecule has 0 aromatic heterocycles. The van der Waals surface area contributed by atoms with Crippen LogP contribution in [0.4, 0.5) is 11.4 Å². The highest BCUT2D eigenvalue weighted by atomic mass is 16.3. The van der Waals surface area contributed by atoms with Crippen molar-refractivity contribution in [2.24, 2.45) is 0 Å². The van der Waals surface area contributed by atoms with Gasteiger partial charge in [-0.25, -0.2) is 0 Å². The van der Waals surface area contributed by atoms with E-state index in [0.717, 1.165) is 37.3 Å². The van der Waals surface area contributed by atoms with E-state index in [4.69, 9.17) is 0 Å². The van der Waals surface area contributed by atoms with Gasteiger partial charge in [-0.3, -0.25) is 4.79 Å². The highest BCUT2D eigenvalue weighted by Gasteiger charge is 2.41. The molecule has 1 unspecified atom stereocenters. The summed E-state index contributed by atoms with van der Waals surface area (Å²) in [6.45, 7) is 13.6. The van der Waals surface area contributed by atoms with Crippen molar-refractivity contribution in [1.29, 1.82) is 0 Å². The second kappa shape index (κ2) is 63.0. The minimum atomic E-state index is -0.561. The number of aliphatic hydroxyl groups excluding tert-OH is 1. The lowest BCUT2D eigenvalue weighted by molar-refractivity contribution is -0.116. The molecule has 3 rings (SSSR count). The first kappa shape index (κ1) is 83.5. The Bertz CT molecular complexity index is 1830. The van der Waals surface area contributed by atoms with Gasteiger partial charge >= 0.3 is 0 Å². The van der Waals surface area contributed by atoms with E-state index < -0.39 is 5.92 Å². The van der Waals surface area contributed by atoms with Crippen molar-refractivity contribution in [1.82, 2.24) is 0 Å². The lowest BCUT2D eigenvalue weighted by Gasteiger charge is -2.30. The maximum Gasteiger partial charge on any atom is 0.181 e. The molecular formula is C88H158N2O2. The summed E-state index contributed by atoms with van der Waals surface area (Å²) in [4.78, 5) is 19.3. The molecule has 0 fully saturated rings. The van der Waals surface area contributed by atoms with Crippen LogP contribution in [0.5, 0.6) is 0 Å². The van der Waals surface area contributed by atoms with Crippen LogP contribution in [0.3, 0.4) is 0 Å². The molecule has 4 nitrogen and oxygen atoms in total. The molecule has 0 bridgehead atoms. The number of carbonyl (C=O) groups excluding carboxylic acids is 1. The van der Waals surface area contributed by atoms with Crippen LogP contribution >= 0.6 is 0 Å². The average molecular weight is 1280 g/mol. The van der Waals surface area contributed by atoms with Gasteiger partial charge in [-0.2, -0.15) is 0 Å². The van der Waals surface area contributed by atoms with Crippen molar-refractivity contribution in [3.05, 3.63) is 65.4 Å². The summed E-state index contributed by atoms with van der Waals surface area (Å²) in [5, 5.41) is 11.7. The number of aliphatic hydroxyl groups is 1. The third kappa shape index (κ3) is 44.1. The molecule has 1 aliphatic carbocycles. The van der Waals surface area contributed by atoms with Crippen molar-refractivity contribution >= 4 is 22.7 Å². The van der Waals surface area contributed by atoms with Gasteiger partial charge in [0, 0.05) is 37.6 Å². The molecular weight excluding hydrogens is 1120 g/mol. The van der Waals surface area contributed by atoms with E-state index in [-0.39, 0.29) is 11.5 Å². The Kier molecular flexibility index (Phi) is 57.2. The van der Waals surface area contributed by atoms with Gasteiger partial charge in [0.2, 0.25) is 0 Å². The van der Waals surface area contributed by atoms with E-state index in [1.807, 2.05) is 0 Å². The molecule has 532 valence electrons. The summed E-state index contributed by atoms with van der Waals surface area (Å²) in [6.07, 6.45) is 89.3. The van der Waals surface area contributed by atoms with Gasteiger partial charge in [-0.15, -0.1) is 0 Å². The Hall–Kier alpha value is -2.75. The van der Waals surface area contributed by atoms with Gasteiger partial charge in [-0.1, -0.05) is 437 Å². The quantitative estimate of drug-likeness (QED) is 0.0671. The fourth-order valence-electron chi connectivity index (χ4n) is 14.9. The third-order valence-corrected chi connectivity index (χ3v) is 21.3. The first-order valence-electron chi connectivity index (χ1n) is 42.2. The van der Waals surface area contributed by atoms with Crippen molar-refractivity contribution in [3.8, 4) is 0 Å². The van der Waals surface area contributed by atoms with Gasteiger partial charge < -0.3 is 14.9 Å². The molecule has 0 saturated heterocycles. The highest BCUT2D eigenvalue weighted by Crippen LogP contribution is 2.43. The Balaban J connectivity index is 1.50. The number of Topliss-reactive ketones (excluding diaryl/α,β-unsaturated/α-hetero) is 1. The number of allylic oxidation sites excluding steroid dienone is 2. The van der Waals surface area contributed by atoms with E-state index in [1.165, 1.54) is 422 Å². The summed E-state index contributed by atoms with van der Waals surface area (Å²) < 4.78 is 0. The monoisotopic (exact) mass is 1280 g/mol. The lowest BCUT2D eigenvalue weighted by atomic mass is 9.75. The second-order valence-corrected chi connectivity index (χ2v) is 29.9. The molecule has 0 spiro atoms. The predicted octanol–water partition coefficient (Wildman–Crippen LogP) is 30.0. The van der Waals surface area contributed by atoms with Crippen LogP contribution in [0.15, 0.2) is 54.3 Å². The van der Waals surface area contributed by atoms with E-state index in [9.17, 15) is 9.90 Å². The Morgan fingerprint density at radius 1 is 0.250 bits per heavy atom. The van der Waals surface area contributed by atoms with Crippen LogP contribution in [0.25, 0.3) is 5.57 Å². The summed E-state index contributed by atoms with van der Waals surface area (Å²) in [6, 6.07) is 17.5. The number of benzene rings is 2. The minimum absolute atomic E-state index is 0.0550. The highest BCUT2D eigenvalue weighted by molar-refractivity contribution is 6.31. The number of hydrogen-bond donors (Lipinski definition) is 1. The molecule has 0 heterocycles. The normalized spacial score (nSPS) is 13.3. The number of carbonyl (C=O) groups is 1. The van der Waals surface area contributed by atoms with Crippen LogP contribution in [0.1, 0.15) is 456 Å². The van der Waals surface area contributed by atoms with Crippen LogP contribution in [0, 0.1) is 0 Å². The molecule has 1 N–H and O–H groups in total. The minimum Gasteiger partial charge on any atom is -0.510 e. The molecule has 1 aliphatic rings. The van der Waals surface area contributed by atoms with Gasteiger partial charge in [-0.05, 0) is 61.1 Å². The van der Waals surface area contributed by atoms with E-state index >= 15 is 0 Å². The number of nitrogens with zero attached hydrogens (tertiary/aromatic N) is 2. The zero-order valence-electron chi connectivity index (χ0n) is 62.5. The smallest absolute Gasteiger partial charge is 0.181 e. The largest absolute Gasteiger partial charge is 0.510 e. The van der Waals surface area contributed by atoms with Crippen molar-refractivity contribution in [2.45, 2.75) is 445 Å². The molecule has 1 atom stereocenters. The standard InChI is InChI=1S/C88H158N2O2/c1-5-9-13-17-21-25-29-33-37-41-45-49-53-57-61-65-77-89(78-66-62-58-54-50-46-42-38-34-30-26-22-18-14-10-6-2)83-73-69-81(70-74-83)85-87(91)86(88(85)92)82-71-75-84(76-72-82)90(79-67-63-59-55-51-47-43-39-35-31-27-23-19-15-11-7-3)80-68-64-60-56-52-48-44-40-36-32-28-24-20-16-12-8-4/h69-76,85,91H,5-68,77-80H2,1-4H3. The van der Waals surface area contributed by atoms with Gasteiger partial charge in [0.25, 0.3) is 0 Å². The topological polar surface area (TPSA) is 43.8 Å². The lowest BCUT2D eigenvalue weighted by Crippen LogP contribution is -2.29. The SMILES string of the molecule is CCCCCCCCCCCCCCCCCCN(CCCCCCCCCCCCCCCCCC)c1ccc(C2=C(O)C(c3ccc(N(CCCCCCCCCCCCCCCCCC)CCCCCCCCCCCCCCCCCC)cc3)C2=O)cc1. The Labute approximate surface area is 575 Å². The van der Waals surface area contributed by atoms with Gasteiger partial charge in [0.1, 0.15) is 11.7 Å². The maximum absolute atomic E-state index is 14.1. The molecule has 2 aromatic carbocycles. The maximum atomic E-state index is 14.1. The fraction of sp³-hybridized carbons (Fsp3) is 0.830. The van der Waals surface area contributed by atoms with Crippen molar-refractivity contribution in [3.63, 3.8) is 0 Å². The molecule has 0 saturated carbocycles. The molecule has 4 heteroatoms. The van der Waals surface area contributed by atoms with Crippen molar-refractivity contribution in [2.75, 3.05) is 36.0 Å². The summed E-state index contributed by atoms with van der Waals surface area (Å²) in [5.74, 6) is -0.264.